The summed E-state index contributed by atoms with van der Waals surface area (Å²) in [6.07, 6.45) is 1.66. The van der Waals surface area contributed by atoms with E-state index in [1.54, 1.807) is 11.0 Å². The van der Waals surface area contributed by atoms with E-state index < -0.39 is 29.3 Å². The number of carbonyl (C=O) groups is 1. The minimum absolute atomic E-state index is 0.0399. The van der Waals surface area contributed by atoms with Gasteiger partial charge in [-0.15, -0.1) is 0 Å². The van der Waals surface area contributed by atoms with Crippen molar-refractivity contribution in [3.05, 3.63) is 77.4 Å². The van der Waals surface area contributed by atoms with Crippen molar-refractivity contribution in [1.82, 2.24) is 19.9 Å². The van der Waals surface area contributed by atoms with Gasteiger partial charge in [0.05, 0.1) is 11.1 Å². The first-order chi connectivity index (χ1) is 16.6. The van der Waals surface area contributed by atoms with Crippen LogP contribution >= 0.6 is 0 Å². The lowest BCUT2D eigenvalue weighted by Crippen LogP contribution is -2.48. The summed E-state index contributed by atoms with van der Waals surface area (Å²) < 4.78 is 66.7. The van der Waals surface area contributed by atoms with Crippen molar-refractivity contribution in [2.24, 2.45) is 5.92 Å². The van der Waals surface area contributed by atoms with Crippen molar-refractivity contribution in [3.8, 4) is 11.4 Å². The molecule has 184 valence electrons. The second-order valence-electron chi connectivity index (χ2n) is 8.64. The van der Waals surface area contributed by atoms with E-state index in [4.69, 9.17) is 0 Å². The summed E-state index contributed by atoms with van der Waals surface area (Å²) >= 11 is 0. The van der Waals surface area contributed by atoms with Gasteiger partial charge in [0.1, 0.15) is 0 Å². The van der Waals surface area contributed by atoms with Crippen molar-refractivity contribution >= 4 is 5.91 Å². The second-order valence-corrected chi connectivity index (χ2v) is 8.64. The number of aromatic nitrogens is 3. The second kappa shape index (κ2) is 10.1. The molecule has 1 aliphatic rings. The van der Waals surface area contributed by atoms with E-state index in [0.29, 0.717) is 25.1 Å². The summed E-state index contributed by atoms with van der Waals surface area (Å²) in [7, 11) is 0. The van der Waals surface area contributed by atoms with E-state index >= 15 is 0 Å². The topological polar surface area (TPSA) is 59.0 Å². The molecule has 3 aromatic rings. The number of aryl methyl sites for hydroxylation is 1. The fourth-order valence-electron chi connectivity index (χ4n) is 4.48. The third kappa shape index (κ3) is 5.47. The van der Waals surface area contributed by atoms with Crippen LogP contribution < -0.4 is 0 Å². The molecule has 4 rings (SSSR count). The van der Waals surface area contributed by atoms with E-state index in [2.05, 4.69) is 15.0 Å². The van der Waals surface area contributed by atoms with Gasteiger partial charge in [0.2, 0.25) is 0 Å². The molecule has 35 heavy (non-hydrogen) atoms. The average molecular weight is 490 g/mol. The molecule has 1 aliphatic heterocycles. The predicted octanol–water partition coefficient (Wildman–Crippen LogP) is 5.71. The zero-order valence-electron chi connectivity index (χ0n) is 18.9. The number of benzene rings is 1. The van der Waals surface area contributed by atoms with Crippen LogP contribution in [-0.4, -0.2) is 38.3 Å². The molecule has 3 heterocycles. The van der Waals surface area contributed by atoms with Gasteiger partial charge >= 0.3 is 6.18 Å². The lowest BCUT2D eigenvalue weighted by atomic mass is 9.86. The molecule has 0 N–H and O–H groups in total. The standard InChI is InChI=1S/C25H23F5N4O/c1-15-4-2-11-34(22(15)8-7-17-6-5-16(14-33-17)25(28,29)30)24(35)19-13-21(27)20(26)12-18(19)23-31-9-3-10-32-23/h3,5-6,9-10,12-15,22H,2,4,7-8,11H2,1H3/t15-,22-/m1/s1. The molecule has 0 aliphatic carbocycles. The minimum Gasteiger partial charge on any atom is -0.335 e. The number of alkyl halides is 3. The fraction of sp³-hybridized carbons (Fsp3) is 0.360. The monoisotopic (exact) mass is 490 g/mol. The van der Waals surface area contributed by atoms with E-state index in [-0.39, 0.29) is 28.9 Å². The fourth-order valence-corrected chi connectivity index (χ4v) is 4.48. The Hall–Kier alpha value is -3.43. The quantitative estimate of drug-likeness (QED) is 0.430. The van der Waals surface area contributed by atoms with Crippen LogP contribution in [0.2, 0.25) is 0 Å². The molecule has 2 atom stereocenters. The molecule has 1 saturated heterocycles. The maximum atomic E-state index is 14.2. The number of halogens is 5. The van der Waals surface area contributed by atoms with Crippen LogP contribution in [0.25, 0.3) is 11.4 Å². The Morgan fingerprint density at radius 2 is 1.80 bits per heavy atom. The Bertz CT molecular complexity index is 1180. The smallest absolute Gasteiger partial charge is 0.335 e. The molecule has 0 bridgehead atoms. The van der Waals surface area contributed by atoms with E-state index in [1.165, 1.54) is 18.5 Å². The molecule has 0 spiro atoms. The third-order valence-electron chi connectivity index (χ3n) is 6.32. The maximum Gasteiger partial charge on any atom is 0.417 e. The summed E-state index contributed by atoms with van der Waals surface area (Å²) in [6.45, 7) is 2.42. The van der Waals surface area contributed by atoms with E-state index in [1.807, 2.05) is 6.92 Å². The molecule has 2 aromatic heterocycles. The lowest BCUT2D eigenvalue weighted by Gasteiger charge is -2.40. The summed E-state index contributed by atoms with van der Waals surface area (Å²) in [5, 5.41) is 0. The first-order valence-corrected chi connectivity index (χ1v) is 11.2. The van der Waals surface area contributed by atoms with Crippen LogP contribution in [0.3, 0.4) is 0 Å². The number of hydrogen-bond acceptors (Lipinski definition) is 4. The average Bonchev–Trinajstić information content (AvgIpc) is 2.84. The SMILES string of the molecule is C[C@@H]1CCCN(C(=O)c2cc(F)c(F)cc2-c2ncccn2)[C@@H]1CCc1ccc(C(F)(F)F)cn1. The zero-order chi connectivity index (χ0) is 25.2. The van der Waals surface area contributed by atoms with Crippen LogP contribution in [0.4, 0.5) is 22.0 Å². The van der Waals surface area contributed by atoms with E-state index in [9.17, 15) is 26.7 Å². The van der Waals surface area contributed by atoms with Gasteiger partial charge in [0.25, 0.3) is 5.91 Å². The number of hydrogen-bond donors (Lipinski definition) is 0. The number of rotatable bonds is 5. The van der Waals surface area contributed by atoms with Crippen molar-refractivity contribution in [2.45, 2.75) is 44.8 Å². The summed E-state index contributed by atoms with van der Waals surface area (Å²) in [5.74, 6) is -2.53. The highest BCUT2D eigenvalue weighted by Gasteiger charge is 2.34. The number of pyridine rings is 1. The van der Waals surface area contributed by atoms with Crippen LogP contribution in [0.1, 0.15) is 47.8 Å². The number of piperidine rings is 1. The predicted molar refractivity (Wildman–Crippen MR) is 118 cm³/mol. The van der Waals surface area contributed by atoms with Gasteiger partial charge in [-0.3, -0.25) is 9.78 Å². The Morgan fingerprint density at radius 1 is 1.09 bits per heavy atom. The largest absolute Gasteiger partial charge is 0.417 e. The van der Waals surface area contributed by atoms with Crippen molar-refractivity contribution in [1.29, 1.82) is 0 Å². The number of carbonyl (C=O) groups excluding carboxylic acids is 1. The molecule has 10 heteroatoms. The Morgan fingerprint density at radius 3 is 2.46 bits per heavy atom. The highest BCUT2D eigenvalue weighted by Crippen LogP contribution is 2.32. The molecule has 1 amide bonds. The van der Waals surface area contributed by atoms with Crippen LogP contribution in [-0.2, 0) is 12.6 Å². The van der Waals surface area contributed by atoms with Crippen molar-refractivity contribution < 1.29 is 26.7 Å². The summed E-state index contributed by atoms with van der Waals surface area (Å²) in [4.78, 5) is 27.3. The first-order valence-electron chi connectivity index (χ1n) is 11.2. The van der Waals surface area contributed by atoms with Gasteiger partial charge in [-0.25, -0.2) is 18.7 Å². The molecule has 0 radical (unpaired) electrons. The van der Waals surface area contributed by atoms with Gasteiger partial charge in [-0.2, -0.15) is 13.2 Å². The molecular formula is C25H23F5N4O. The molecule has 1 fully saturated rings. The zero-order valence-corrected chi connectivity index (χ0v) is 18.9. The number of nitrogens with zero attached hydrogens (tertiary/aromatic N) is 4. The van der Waals surface area contributed by atoms with Gasteiger partial charge in [-0.05, 0) is 61.9 Å². The minimum atomic E-state index is -4.46. The van der Waals surface area contributed by atoms with Gasteiger partial charge in [-0.1, -0.05) is 6.92 Å². The Balaban J connectivity index is 1.60. The molecular weight excluding hydrogens is 467 g/mol. The third-order valence-corrected chi connectivity index (χ3v) is 6.32. The van der Waals surface area contributed by atoms with E-state index in [0.717, 1.165) is 37.2 Å². The van der Waals surface area contributed by atoms with Gasteiger partial charge in [0, 0.05) is 42.4 Å². The van der Waals surface area contributed by atoms with Crippen LogP contribution in [0.5, 0.6) is 0 Å². The van der Waals surface area contributed by atoms with Crippen molar-refractivity contribution in [2.75, 3.05) is 6.54 Å². The molecule has 1 aromatic carbocycles. The normalized spacial score (nSPS) is 18.5. The molecule has 0 saturated carbocycles. The highest BCUT2D eigenvalue weighted by atomic mass is 19.4. The maximum absolute atomic E-state index is 14.2. The lowest BCUT2D eigenvalue weighted by molar-refractivity contribution is -0.137. The summed E-state index contributed by atoms with van der Waals surface area (Å²) in [5.41, 5.74) is -0.287. The molecule has 5 nitrogen and oxygen atoms in total. The van der Waals surface area contributed by atoms with Crippen molar-refractivity contribution in [3.63, 3.8) is 0 Å². The van der Waals surface area contributed by atoms with Crippen LogP contribution in [0, 0.1) is 17.6 Å². The number of amides is 1. The highest BCUT2D eigenvalue weighted by molar-refractivity contribution is 6.00. The van der Waals surface area contributed by atoms with Crippen LogP contribution in [0.15, 0.2) is 48.9 Å². The van der Waals surface area contributed by atoms with Gasteiger partial charge in [0.15, 0.2) is 17.5 Å². The first kappa shape index (κ1) is 24.7. The number of likely N-dealkylation sites (tertiary alicyclic amines) is 1. The molecule has 0 unspecified atom stereocenters. The Kier molecular flexibility index (Phi) is 7.09. The van der Waals surface area contributed by atoms with Gasteiger partial charge < -0.3 is 4.90 Å². The summed E-state index contributed by atoms with van der Waals surface area (Å²) in [6, 6.07) is 5.44. The Labute approximate surface area is 199 Å².